The Kier molecular flexibility index (Phi) is 11.1. The summed E-state index contributed by atoms with van der Waals surface area (Å²) < 4.78 is 17.5. The summed E-state index contributed by atoms with van der Waals surface area (Å²) in [7, 11) is 2.88. The lowest BCUT2D eigenvalue weighted by atomic mass is 9.72. The van der Waals surface area contributed by atoms with Crippen molar-refractivity contribution in [2.24, 2.45) is 22.2 Å². The van der Waals surface area contributed by atoms with Gasteiger partial charge in [0.15, 0.2) is 11.7 Å². The van der Waals surface area contributed by atoms with Gasteiger partial charge in [0.2, 0.25) is 12.1 Å². The van der Waals surface area contributed by atoms with Crippen LogP contribution in [-0.2, 0) is 4.74 Å². The molecule has 14 N–H and O–H groups in total. The van der Waals surface area contributed by atoms with Crippen molar-refractivity contribution >= 4 is 17.5 Å². The van der Waals surface area contributed by atoms with Crippen molar-refractivity contribution < 1.29 is 49.3 Å². The lowest BCUT2D eigenvalue weighted by Crippen LogP contribution is -2.67. The molecule has 0 saturated carbocycles. The largest absolute Gasteiger partial charge is 0.507 e. The maximum absolute atomic E-state index is 14.7. The van der Waals surface area contributed by atoms with E-state index in [9.17, 15) is 35.1 Å². The Bertz CT molecular complexity index is 2110. The maximum Gasteiger partial charge on any atom is 0.229 e. The molecule has 0 spiro atoms. The molecule has 2 aliphatic carbocycles. The molecule has 1 fully saturated rings. The second-order valence-electron chi connectivity index (χ2n) is 14.9. The highest BCUT2D eigenvalue weighted by Gasteiger charge is 2.55. The van der Waals surface area contributed by atoms with Crippen molar-refractivity contribution in [3.8, 4) is 17.2 Å². The molecule has 8 unspecified atom stereocenters. The van der Waals surface area contributed by atoms with Gasteiger partial charge in [0.25, 0.3) is 0 Å². The second kappa shape index (κ2) is 15.8. The van der Waals surface area contributed by atoms with Crippen molar-refractivity contribution in [2.75, 3.05) is 27.3 Å². The number of benzene rings is 2. The third-order valence-electron chi connectivity index (χ3n) is 11.4. The number of phenolic OH excluding ortho intramolecular Hbond substituents is 1. The number of rotatable bonds is 10. The molecule has 0 amide bonds. The number of carbonyl (C=O) groups excluding carboxylic acids is 2. The lowest BCUT2D eigenvalue weighted by molar-refractivity contribution is -0.314. The van der Waals surface area contributed by atoms with Crippen molar-refractivity contribution in [3.63, 3.8) is 0 Å². The Morgan fingerprint density at radius 2 is 1.89 bits per heavy atom. The molecular formula is C40H49N7O10. The number of hydrogen-bond donors (Lipinski definition) is 11. The first-order chi connectivity index (χ1) is 27.3. The van der Waals surface area contributed by atoms with E-state index >= 15 is 0 Å². The van der Waals surface area contributed by atoms with Gasteiger partial charge in [-0.15, -0.1) is 0 Å². The first kappa shape index (κ1) is 39.8. The highest BCUT2D eigenvalue weighted by molar-refractivity contribution is 6.30. The van der Waals surface area contributed by atoms with Crippen LogP contribution in [0.25, 0.3) is 0 Å². The summed E-state index contributed by atoms with van der Waals surface area (Å²) in [6.45, 7) is -0.294. The summed E-state index contributed by atoms with van der Waals surface area (Å²) in [5.41, 5.74) is 18.0. The molecule has 5 aliphatic rings. The van der Waals surface area contributed by atoms with Crippen LogP contribution < -0.4 is 42.6 Å². The number of phenols is 1. The average molecular weight is 788 g/mol. The topological polar surface area (TPSA) is 289 Å². The number of allylic oxidation sites excluding steroid dienone is 4. The molecule has 17 nitrogen and oxygen atoms in total. The minimum Gasteiger partial charge on any atom is -0.507 e. The van der Waals surface area contributed by atoms with Gasteiger partial charge >= 0.3 is 0 Å². The zero-order valence-electron chi connectivity index (χ0n) is 31.6. The molecule has 0 aromatic heterocycles. The smallest absolute Gasteiger partial charge is 0.229 e. The number of ether oxygens (including phenoxy) is 3. The number of ketones is 2. The van der Waals surface area contributed by atoms with Crippen LogP contribution in [0.2, 0.25) is 0 Å². The normalized spacial score (nSPS) is 29.4. The van der Waals surface area contributed by atoms with Gasteiger partial charge < -0.3 is 72.9 Å². The van der Waals surface area contributed by atoms with Crippen LogP contribution in [0.4, 0.5) is 0 Å². The minimum atomic E-state index is -2.12. The third kappa shape index (κ3) is 7.33. The fraction of sp³-hybridized carbons (Fsp3) is 0.425. The van der Waals surface area contributed by atoms with E-state index < -0.39 is 60.2 Å². The van der Waals surface area contributed by atoms with Crippen LogP contribution in [0.5, 0.6) is 17.2 Å². The number of aliphatic hydroxyl groups excluding tert-OH is 3. The van der Waals surface area contributed by atoms with E-state index in [4.69, 9.17) is 31.4 Å². The number of dihydropyridines is 2. The number of nitrogens with zero attached hydrogens (tertiary/aromatic N) is 1. The summed E-state index contributed by atoms with van der Waals surface area (Å²) in [6, 6.07) is 3.79. The van der Waals surface area contributed by atoms with Gasteiger partial charge in [-0.3, -0.25) is 14.6 Å². The average Bonchev–Trinajstić information content (AvgIpc) is 3.20. The maximum atomic E-state index is 14.7. The van der Waals surface area contributed by atoms with E-state index in [0.29, 0.717) is 42.8 Å². The fourth-order valence-electron chi connectivity index (χ4n) is 8.37. The Morgan fingerprint density at radius 3 is 2.58 bits per heavy atom. The lowest BCUT2D eigenvalue weighted by Gasteiger charge is -2.48. The number of aliphatic imine (C=N–C) groups is 1. The van der Waals surface area contributed by atoms with Gasteiger partial charge in [-0.25, -0.2) is 0 Å². The van der Waals surface area contributed by atoms with E-state index in [1.165, 1.54) is 26.3 Å². The van der Waals surface area contributed by atoms with Crippen molar-refractivity contribution in [3.05, 3.63) is 99.1 Å². The van der Waals surface area contributed by atoms with Gasteiger partial charge in [-0.1, -0.05) is 12.2 Å². The van der Waals surface area contributed by atoms with Crippen LogP contribution in [0.15, 0.2) is 70.7 Å². The molecule has 304 valence electrons. The summed E-state index contributed by atoms with van der Waals surface area (Å²) in [5, 5.41) is 65.9. The second-order valence-corrected chi connectivity index (χ2v) is 14.9. The highest BCUT2D eigenvalue weighted by Crippen LogP contribution is 2.50. The zero-order valence-corrected chi connectivity index (χ0v) is 31.6. The molecule has 8 atom stereocenters. The molecule has 17 heteroatoms. The molecular weight excluding hydrogens is 738 g/mol. The Hall–Kier alpha value is -5.43. The Morgan fingerprint density at radius 1 is 1.12 bits per heavy atom. The first-order valence-corrected chi connectivity index (χ1v) is 18.8. The van der Waals surface area contributed by atoms with E-state index in [-0.39, 0.29) is 64.6 Å². The van der Waals surface area contributed by atoms with Crippen LogP contribution in [0.3, 0.4) is 0 Å². The predicted molar refractivity (Wildman–Crippen MR) is 207 cm³/mol. The molecule has 0 bridgehead atoms. The standard InChI is InChI=1S/C40H49N7O10/c1-44-39(43)47-25-5-4-20(11-19-3-6-28(41)46-16-19)22-15-24-32(34(50)30(22)25)35(51)31-23(33(24)49)13-21(55-2)14-26(31)56-38-36(52)37(53)40(54,27(17-48)57-38)9-7-18-8-10-45-29(42)12-18/h3,6,8,12-16,20,25,27-28,36-38,45-46,48,50,52-54H,4-5,7,9-11,17,41-42H2,1-2H3,(H3,43,44,47). The number of methoxy groups -OCH3 is 1. The number of fused-ring (bicyclic) bond motifs is 3. The van der Waals surface area contributed by atoms with E-state index in [2.05, 4.69) is 20.9 Å². The van der Waals surface area contributed by atoms with Gasteiger partial charge in [0, 0.05) is 42.5 Å². The van der Waals surface area contributed by atoms with E-state index in [0.717, 1.165) is 11.1 Å². The monoisotopic (exact) mass is 787 g/mol. The van der Waals surface area contributed by atoms with Gasteiger partial charge in [0.05, 0.1) is 42.9 Å². The number of aromatic hydroxyl groups is 1. The molecule has 0 radical (unpaired) electrons. The number of nitrogens with one attached hydrogen (secondary N) is 3. The minimum absolute atomic E-state index is 0.0192. The Labute approximate surface area is 328 Å². The summed E-state index contributed by atoms with van der Waals surface area (Å²) in [6.07, 6.45) is 3.72. The van der Waals surface area contributed by atoms with Crippen LogP contribution in [0.1, 0.15) is 87.0 Å². The highest BCUT2D eigenvalue weighted by atomic mass is 16.7. The predicted octanol–water partition coefficient (Wildman–Crippen LogP) is 0.00580. The first-order valence-electron chi connectivity index (χ1n) is 18.8. The molecule has 3 heterocycles. The molecule has 7 rings (SSSR count). The molecule has 2 aromatic carbocycles. The quantitative estimate of drug-likeness (QED) is 0.0953. The fourth-order valence-corrected chi connectivity index (χ4v) is 8.37. The van der Waals surface area contributed by atoms with Crippen LogP contribution in [-0.4, -0.2) is 107 Å². The number of carbonyl (C=O) groups is 2. The number of guanidine groups is 1. The number of hydrogen-bond acceptors (Lipinski definition) is 15. The van der Waals surface area contributed by atoms with Crippen LogP contribution in [0, 0.1) is 0 Å². The number of aliphatic hydroxyl groups is 4. The summed E-state index contributed by atoms with van der Waals surface area (Å²) >= 11 is 0. The van der Waals surface area contributed by atoms with Crippen molar-refractivity contribution in [1.29, 1.82) is 0 Å². The van der Waals surface area contributed by atoms with Crippen molar-refractivity contribution in [2.45, 2.75) is 80.4 Å². The number of nitrogens with two attached hydrogens (primary N) is 3. The summed E-state index contributed by atoms with van der Waals surface area (Å²) in [5.74, 6) is -1.49. The zero-order chi connectivity index (χ0) is 40.8. The van der Waals surface area contributed by atoms with E-state index in [1.807, 2.05) is 24.4 Å². The van der Waals surface area contributed by atoms with Gasteiger partial charge in [0.1, 0.15) is 41.2 Å². The van der Waals surface area contributed by atoms with Gasteiger partial charge in [-0.05, 0) is 79.0 Å². The molecule has 2 aromatic rings. The Balaban J connectivity index is 1.24. The van der Waals surface area contributed by atoms with Crippen LogP contribution >= 0.6 is 0 Å². The van der Waals surface area contributed by atoms with Gasteiger partial charge in [-0.2, -0.15) is 0 Å². The van der Waals surface area contributed by atoms with Crippen molar-refractivity contribution in [1.82, 2.24) is 16.0 Å². The molecule has 57 heavy (non-hydrogen) atoms. The summed E-state index contributed by atoms with van der Waals surface area (Å²) in [4.78, 5) is 33.2. The molecule has 3 aliphatic heterocycles. The SMILES string of the molecule is CN=C(N)NC1CCC(CC2=CNC(N)C=C2)c2cc3c(c(O)c21)C(=O)c1c(OC2OC(CO)C(O)(CCC4=CCNC(N)=C4)C(O)C2O)cc(OC)cc1C3=O. The third-order valence-corrected chi connectivity index (χ3v) is 11.4. The van der Waals surface area contributed by atoms with E-state index in [1.54, 1.807) is 12.1 Å². The molecule has 1 saturated heterocycles.